The highest BCUT2D eigenvalue weighted by molar-refractivity contribution is 5.97. The molecule has 0 aliphatic heterocycles. The molecule has 0 radical (unpaired) electrons. The van der Waals surface area contributed by atoms with Crippen LogP contribution in [-0.4, -0.2) is 30.1 Å². The number of amides is 2. The Hall–Kier alpha value is -2.60. The first-order valence-corrected chi connectivity index (χ1v) is 6.50. The van der Waals surface area contributed by atoms with Gasteiger partial charge in [0.2, 0.25) is 5.91 Å². The van der Waals surface area contributed by atoms with Gasteiger partial charge >= 0.3 is 0 Å². The molecular weight excluding hydrogens is 272 g/mol. The van der Waals surface area contributed by atoms with E-state index in [1.807, 2.05) is 12.1 Å². The van der Waals surface area contributed by atoms with Crippen molar-refractivity contribution in [3.63, 3.8) is 0 Å². The first-order chi connectivity index (χ1) is 10.2. The number of furan rings is 1. The maximum absolute atomic E-state index is 11.7. The minimum atomic E-state index is -0.437. The molecule has 0 saturated heterocycles. The highest BCUT2D eigenvalue weighted by atomic mass is 16.3. The minimum absolute atomic E-state index is 0.0878. The van der Waals surface area contributed by atoms with Gasteiger partial charge in [-0.15, -0.1) is 0 Å². The summed E-state index contributed by atoms with van der Waals surface area (Å²) in [4.78, 5) is 23.3. The molecule has 2 aromatic rings. The summed E-state index contributed by atoms with van der Waals surface area (Å²) in [7, 11) is 0. The molecule has 0 bridgehead atoms. The molecule has 6 nitrogen and oxygen atoms in total. The number of benzene rings is 1. The van der Waals surface area contributed by atoms with Crippen molar-refractivity contribution < 1.29 is 19.1 Å². The van der Waals surface area contributed by atoms with Crippen LogP contribution in [-0.2, 0) is 11.2 Å². The summed E-state index contributed by atoms with van der Waals surface area (Å²) >= 11 is 0. The van der Waals surface area contributed by atoms with Crippen LogP contribution in [0.4, 0.5) is 5.69 Å². The molecule has 0 fully saturated rings. The zero-order valence-corrected chi connectivity index (χ0v) is 11.3. The lowest BCUT2D eigenvalue weighted by Crippen LogP contribution is -2.32. The van der Waals surface area contributed by atoms with Crippen molar-refractivity contribution in [1.29, 1.82) is 0 Å². The standard InChI is InChI=1S/C15H16N2O4/c18-8-7-11-3-5-12(6-4-11)17-14(19)10-16-15(20)13-2-1-9-21-13/h1-6,9,18H,7-8,10H2,(H,16,20)(H,17,19). The van der Waals surface area contributed by atoms with Crippen molar-refractivity contribution in [3.05, 3.63) is 54.0 Å². The highest BCUT2D eigenvalue weighted by Gasteiger charge is 2.10. The van der Waals surface area contributed by atoms with Crippen molar-refractivity contribution >= 4 is 17.5 Å². The molecule has 0 unspecified atom stereocenters. The number of anilines is 1. The summed E-state index contributed by atoms with van der Waals surface area (Å²) in [5.41, 5.74) is 1.62. The Bertz CT molecular complexity index is 591. The molecule has 0 spiro atoms. The van der Waals surface area contributed by atoms with Crippen molar-refractivity contribution in [2.24, 2.45) is 0 Å². The van der Waals surface area contributed by atoms with Crippen molar-refractivity contribution in [3.8, 4) is 0 Å². The number of carbonyl (C=O) groups is 2. The van der Waals surface area contributed by atoms with Crippen LogP contribution in [0.1, 0.15) is 16.1 Å². The predicted molar refractivity (Wildman–Crippen MR) is 76.9 cm³/mol. The van der Waals surface area contributed by atoms with E-state index in [-0.39, 0.29) is 24.8 Å². The fourth-order valence-corrected chi connectivity index (χ4v) is 1.74. The zero-order chi connectivity index (χ0) is 15.1. The Balaban J connectivity index is 1.80. The molecule has 21 heavy (non-hydrogen) atoms. The monoisotopic (exact) mass is 288 g/mol. The Morgan fingerprint density at radius 3 is 2.52 bits per heavy atom. The van der Waals surface area contributed by atoms with Gasteiger partial charge < -0.3 is 20.2 Å². The van der Waals surface area contributed by atoms with Crippen LogP contribution in [0.25, 0.3) is 0 Å². The lowest BCUT2D eigenvalue weighted by molar-refractivity contribution is -0.115. The second-order valence-electron chi connectivity index (χ2n) is 4.38. The van der Waals surface area contributed by atoms with Gasteiger partial charge in [0.05, 0.1) is 12.8 Å². The maximum Gasteiger partial charge on any atom is 0.287 e. The van der Waals surface area contributed by atoms with Crippen LogP contribution >= 0.6 is 0 Å². The van der Waals surface area contributed by atoms with E-state index in [0.29, 0.717) is 12.1 Å². The van der Waals surface area contributed by atoms with Crippen molar-refractivity contribution in [2.45, 2.75) is 6.42 Å². The van der Waals surface area contributed by atoms with E-state index in [9.17, 15) is 9.59 Å². The van der Waals surface area contributed by atoms with Gasteiger partial charge in [-0.1, -0.05) is 12.1 Å². The third-order valence-corrected chi connectivity index (χ3v) is 2.79. The smallest absolute Gasteiger partial charge is 0.287 e. The number of hydrogen-bond acceptors (Lipinski definition) is 4. The van der Waals surface area contributed by atoms with Gasteiger partial charge in [0, 0.05) is 12.3 Å². The molecule has 1 heterocycles. The second kappa shape index (κ2) is 7.25. The summed E-state index contributed by atoms with van der Waals surface area (Å²) in [6, 6.07) is 10.3. The van der Waals surface area contributed by atoms with Crippen molar-refractivity contribution in [2.75, 3.05) is 18.5 Å². The molecule has 0 saturated carbocycles. The first-order valence-electron chi connectivity index (χ1n) is 6.50. The lowest BCUT2D eigenvalue weighted by atomic mass is 10.1. The number of rotatable bonds is 6. The molecular formula is C15H16N2O4. The predicted octanol–water partition coefficient (Wildman–Crippen LogP) is 1.18. The van der Waals surface area contributed by atoms with Crippen LogP contribution in [0.15, 0.2) is 47.1 Å². The largest absolute Gasteiger partial charge is 0.459 e. The summed E-state index contributed by atoms with van der Waals surface area (Å²) in [5.74, 6) is -0.602. The van der Waals surface area contributed by atoms with Gasteiger partial charge in [0.1, 0.15) is 0 Å². The van der Waals surface area contributed by atoms with E-state index >= 15 is 0 Å². The topological polar surface area (TPSA) is 91.6 Å². The molecule has 0 aliphatic carbocycles. The molecule has 0 atom stereocenters. The first kappa shape index (κ1) is 14.8. The van der Waals surface area contributed by atoms with Crippen LogP contribution in [0.2, 0.25) is 0 Å². The molecule has 1 aromatic carbocycles. The molecule has 1 aromatic heterocycles. The quantitative estimate of drug-likeness (QED) is 0.744. The number of aliphatic hydroxyl groups excluding tert-OH is 1. The Kier molecular flexibility index (Phi) is 5.11. The fraction of sp³-hybridized carbons (Fsp3) is 0.200. The normalized spacial score (nSPS) is 10.1. The zero-order valence-electron chi connectivity index (χ0n) is 11.3. The molecule has 110 valence electrons. The third kappa shape index (κ3) is 4.47. The van der Waals surface area contributed by atoms with E-state index in [1.54, 1.807) is 18.2 Å². The average Bonchev–Trinajstić information content (AvgIpc) is 3.01. The summed E-state index contributed by atoms with van der Waals surface area (Å²) in [6.07, 6.45) is 1.97. The van der Waals surface area contributed by atoms with E-state index < -0.39 is 5.91 Å². The minimum Gasteiger partial charge on any atom is -0.459 e. The molecule has 0 aliphatic rings. The van der Waals surface area contributed by atoms with Crippen molar-refractivity contribution in [1.82, 2.24) is 5.32 Å². The lowest BCUT2D eigenvalue weighted by Gasteiger charge is -2.07. The van der Waals surface area contributed by atoms with Crippen LogP contribution in [0, 0.1) is 0 Å². The second-order valence-corrected chi connectivity index (χ2v) is 4.38. The molecule has 6 heteroatoms. The van der Waals surface area contributed by atoms with Gasteiger partial charge in [-0.2, -0.15) is 0 Å². The van der Waals surface area contributed by atoms with Gasteiger partial charge in [-0.3, -0.25) is 9.59 Å². The van der Waals surface area contributed by atoms with E-state index in [2.05, 4.69) is 10.6 Å². The fourth-order valence-electron chi connectivity index (χ4n) is 1.74. The molecule has 2 rings (SSSR count). The Labute approximate surface area is 121 Å². The highest BCUT2D eigenvalue weighted by Crippen LogP contribution is 2.09. The van der Waals surface area contributed by atoms with Crippen LogP contribution in [0.3, 0.4) is 0 Å². The molecule has 3 N–H and O–H groups in total. The summed E-state index contributed by atoms with van der Waals surface area (Å²) in [6.45, 7) is -0.0531. The summed E-state index contributed by atoms with van der Waals surface area (Å²) < 4.78 is 4.92. The number of nitrogens with one attached hydrogen (secondary N) is 2. The Morgan fingerprint density at radius 2 is 1.90 bits per heavy atom. The number of hydrogen-bond donors (Lipinski definition) is 3. The van der Waals surface area contributed by atoms with Crippen LogP contribution < -0.4 is 10.6 Å². The summed E-state index contributed by atoms with van der Waals surface area (Å²) in [5, 5.41) is 13.9. The van der Waals surface area contributed by atoms with Gasteiger partial charge in [0.15, 0.2) is 5.76 Å². The van der Waals surface area contributed by atoms with Gasteiger partial charge in [-0.25, -0.2) is 0 Å². The average molecular weight is 288 g/mol. The van der Waals surface area contributed by atoms with Crippen LogP contribution in [0.5, 0.6) is 0 Å². The molecule has 2 amide bonds. The Morgan fingerprint density at radius 1 is 1.14 bits per heavy atom. The maximum atomic E-state index is 11.7. The SMILES string of the molecule is O=C(CNC(=O)c1ccco1)Nc1ccc(CCO)cc1. The van der Waals surface area contributed by atoms with E-state index in [0.717, 1.165) is 5.56 Å². The van der Waals surface area contributed by atoms with E-state index in [1.165, 1.54) is 12.3 Å². The number of carbonyl (C=O) groups excluding carboxylic acids is 2. The van der Waals surface area contributed by atoms with E-state index in [4.69, 9.17) is 9.52 Å². The van der Waals surface area contributed by atoms with Gasteiger partial charge in [-0.05, 0) is 36.2 Å². The third-order valence-electron chi connectivity index (χ3n) is 2.79. The number of aliphatic hydroxyl groups is 1. The van der Waals surface area contributed by atoms with Gasteiger partial charge in [0.25, 0.3) is 5.91 Å².